The SMILES string of the molecule is NC(N)=NCCC[C@H](NC(=O)[C@H](Cc1ccccc1)NC(=O)[C@@H]1CCCN1C(=O)[C@H](CO)NC(=O)[C@H](Cc1ccc([N+](=O)[O-])cc1)NC(=O)CNC(=O)[C@@H]1CCCN1C(=O)[C@@H]1CCCN1C(=O)[C@@H](N)CCCN=C(N)N)C(=O)O. The molecule has 3 fully saturated rings. The number of carbonyl (C=O) groups excluding carboxylic acids is 8. The lowest BCUT2D eigenvalue weighted by Crippen LogP contribution is -2.60. The number of aliphatic hydroxyl groups is 1. The largest absolute Gasteiger partial charge is 0.480 e. The molecule has 5 rings (SSSR count). The number of aliphatic imine (C=N–C) groups is 2. The lowest BCUT2D eigenvalue weighted by atomic mass is 10.0. The van der Waals surface area contributed by atoms with Gasteiger partial charge in [0, 0.05) is 57.7 Å². The number of nitrogens with two attached hydrogens (primary N) is 5. The van der Waals surface area contributed by atoms with Gasteiger partial charge in [0.25, 0.3) is 5.69 Å². The highest BCUT2D eigenvalue weighted by atomic mass is 16.6. The maximum Gasteiger partial charge on any atom is 0.326 e. The molecule has 0 spiro atoms. The number of nitro benzene ring substituents is 1. The van der Waals surface area contributed by atoms with E-state index in [-0.39, 0.29) is 88.7 Å². The van der Waals surface area contributed by atoms with Crippen molar-refractivity contribution in [2.45, 2.75) is 125 Å². The number of amides is 8. The molecule has 3 heterocycles. The van der Waals surface area contributed by atoms with E-state index in [2.05, 4.69) is 36.6 Å². The number of aliphatic hydroxyl groups excluding tert-OH is 1. The zero-order valence-corrected chi connectivity index (χ0v) is 43.7. The molecule has 2 aromatic rings. The van der Waals surface area contributed by atoms with E-state index >= 15 is 0 Å². The van der Waals surface area contributed by atoms with Crippen molar-refractivity contribution < 1.29 is 58.3 Å². The van der Waals surface area contributed by atoms with Crippen LogP contribution in [0.3, 0.4) is 0 Å². The Bertz CT molecular complexity index is 2560. The maximum atomic E-state index is 14.2. The second-order valence-corrected chi connectivity index (χ2v) is 19.4. The Morgan fingerprint density at radius 2 is 1.14 bits per heavy atom. The van der Waals surface area contributed by atoms with Crippen LogP contribution < -0.4 is 55.3 Å². The van der Waals surface area contributed by atoms with Crippen molar-refractivity contribution in [3.8, 4) is 0 Å². The van der Waals surface area contributed by atoms with Crippen LogP contribution in [0.15, 0.2) is 64.6 Å². The Morgan fingerprint density at radius 1 is 0.633 bits per heavy atom. The standard InChI is InChI=1S/C50H72N16O13/c51-32(11-4-20-56-49(52)53)45(73)65-24-8-15-39(65)47(75)64-23-6-13-37(64)43(71)58-27-40(68)59-34(26-30-16-18-31(19-17-30)66(78)79)41(69)62-36(28-67)46(74)63-22-7-14-38(63)44(72)61-35(25-29-9-2-1-3-10-29)42(70)60-33(48(76)77)12-5-21-57-50(54)55/h1-3,9-10,16-19,32-39,67H,4-8,11-15,20-28,51H2,(H,58,71)(H,59,68)(H,60,70)(H,61,72)(H,62,69)(H,76,77)(H4,52,53,56)(H4,54,55,57)/t32-,33-,34-,35-,36-,37-,38-,39-/m0/s1. The van der Waals surface area contributed by atoms with Gasteiger partial charge in [-0.1, -0.05) is 42.5 Å². The van der Waals surface area contributed by atoms with Gasteiger partial charge in [-0.25, -0.2) is 4.79 Å². The van der Waals surface area contributed by atoms with Gasteiger partial charge in [0.05, 0.1) is 24.1 Å². The number of guanidine groups is 2. The summed E-state index contributed by atoms with van der Waals surface area (Å²) in [6, 6.07) is 3.79. The van der Waals surface area contributed by atoms with Gasteiger partial charge in [0.1, 0.15) is 42.3 Å². The number of nitrogens with one attached hydrogen (secondary N) is 5. The molecule has 0 aromatic heterocycles. The van der Waals surface area contributed by atoms with Crippen LogP contribution in [0.25, 0.3) is 0 Å². The number of aliphatic carboxylic acids is 1. The topological polar surface area (TPSA) is 462 Å². The number of hydrogen-bond acceptors (Lipinski definition) is 15. The molecule has 3 aliphatic heterocycles. The van der Waals surface area contributed by atoms with Gasteiger partial charge in [-0.05, 0) is 75.3 Å². The zero-order valence-electron chi connectivity index (χ0n) is 43.7. The van der Waals surface area contributed by atoms with Gasteiger partial charge in [-0.3, -0.25) is 58.5 Å². The number of carboxylic acid groups (broad SMARTS) is 1. The average Bonchev–Trinajstić information content (AvgIpc) is 4.35. The van der Waals surface area contributed by atoms with Crippen molar-refractivity contribution in [3.63, 3.8) is 0 Å². The van der Waals surface area contributed by atoms with Crippen LogP contribution in [0.2, 0.25) is 0 Å². The Balaban J connectivity index is 1.24. The van der Waals surface area contributed by atoms with Crippen LogP contribution in [0, 0.1) is 10.1 Å². The molecule has 430 valence electrons. The highest BCUT2D eigenvalue weighted by molar-refractivity contribution is 5.98. The fourth-order valence-corrected chi connectivity index (χ4v) is 9.69. The first kappa shape index (κ1) is 61.4. The summed E-state index contributed by atoms with van der Waals surface area (Å²) in [6.45, 7) is -0.784. The normalized spacial score (nSPS) is 18.7. The molecule has 0 unspecified atom stereocenters. The molecular weight excluding hydrogens is 1030 g/mol. The van der Waals surface area contributed by atoms with E-state index in [4.69, 9.17) is 28.7 Å². The maximum absolute atomic E-state index is 14.2. The van der Waals surface area contributed by atoms with E-state index < -0.39 is 120 Å². The lowest BCUT2D eigenvalue weighted by molar-refractivity contribution is -0.384. The molecule has 8 amide bonds. The van der Waals surface area contributed by atoms with E-state index in [0.29, 0.717) is 49.8 Å². The number of nitrogens with zero attached hydrogens (tertiary/aromatic N) is 6. The van der Waals surface area contributed by atoms with Crippen molar-refractivity contribution in [2.75, 3.05) is 45.9 Å². The summed E-state index contributed by atoms with van der Waals surface area (Å²) in [4.78, 5) is 145. The fourth-order valence-electron chi connectivity index (χ4n) is 9.69. The molecule has 29 nitrogen and oxygen atoms in total. The third-order valence-electron chi connectivity index (χ3n) is 13.7. The minimum Gasteiger partial charge on any atom is -0.480 e. The lowest BCUT2D eigenvalue weighted by Gasteiger charge is -2.32. The van der Waals surface area contributed by atoms with E-state index in [0.717, 1.165) is 4.90 Å². The Morgan fingerprint density at radius 3 is 1.70 bits per heavy atom. The first-order chi connectivity index (χ1) is 37.7. The number of likely N-dealkylation sites (tertiary alicyclic amines) is 3. The summed E-state index contributed by atoms with van der Waals surface area (Å²) >= 11 is 0. The van der Waals surface area contributed by atoms with Crippen LogP contribution >= 0.6 is 0 Å². The molecule has 2 aromatic carbocycles. The fraction of sp³-hybridized carbons (Fsp3) is 0.540. The van der Waals surface area contributed by atoms with Crippen LogP contribution in [0.1, 0.15) is 75.3 Å². The summed E-state index contributed by atoms with van der Waals surface area (Å²) < 4.78 is 0. The van der Waals surface area contributed by atoms with Crippen molar-refractivity contribution in [1.82, 2.24) is 41.3 Å². The highest BCUT2D eigenvalue weighted by Crippen LogP contribution is 2.26. The smallest absolute Gasteiger partial charge is 0.326 e. The summed E-state index contributed by atoms with van der Waals surface area (Å²) in [6.07, 6.45) is 2.51. The summed E-state index contributed by atoms with van der Waals surface area (Å²) in [7, 11) is 0. The number of rotatable bonds is 28. The van der Waals surface area contributed by atoms with Crippen LogP contribution in [0.4, 0.5) is 5.69 Å². The number of carboxylic acids is 1. The van der Waals surface area contributed by atoms with Gasteiger partial charge in [-0.2, -0.15) is 0 Å². The predicted molar refractivity (Wildman–Crippen MR) is 284 cm³/mol. The van der Waals surface area contributed by atoms with Gasteiger partial charge in [0.2, 0.25) is 47.3 Å². The number of non-ortho nitro benzene ring substituents is 1. The van der Waals surface area contributed by atoms with Crippen molar-refractivity contribution >= 4 is 70.8 Å². The molecule has 29 heteroatoms. The molecule has 3 aliphatic rings. The summed E-state index contributed by atoms with van der Waals surface area (Å²) in [5.74, 6) is -7.51. The van der Waals surface area contributed by atoms with Gasteiger partial charge in [0.15, 0.2) is 11.9 Å². The third-order valence-corrected chi connectivity index (χ3v) is 13.7. The van der Waals surface area contributed by atoms with E-state index in [1.54, 1.807) is 30.3 Å². The van der Waals surface area contributed by atoms with Crippen LogP contribution in [-0.2, 0) is 56.0 Å². The van der Waals surface area contributed by atoms with Crippen LogP contribution in [0.5, 0.6) is 0 Å². The van der Waals surface area contributed by atoms with Crippen LogP contribution in [-0.4, -0.2) is 189 Å². The summed E-state index contributed by atoms with van der Waals surface area (Å²) in [5.41, 5.74) is 28.4. The van der Waals surface area contributed by atoms with E-state index in [1.807, 2.05) is 0 Å². The molecule has 0 saturated carbocycles. The number of benzene rings is 2. The molecule has 0 bridgehead atoms. The van der Waals surface area contributed by atoms with Gasteiger partial charge >= 0.3 is 5.97 Å². The molecule has 79 heavy (non-hydrogen) atoms. The molecule has 0 aliphatic carbocycles. The summed E-state index contributed by atoms with van der Waals surface area (Å²) in [5, 5.41) is 44.4. The molecule has 0 radical (unpaired) electrons. The third kappa shape index (κ3) is 18.1. The van der Waals surface area contributed by atoms with Crippen molar-refractivity contribution in [3.05, 3.63) is 75.8 Å². The second-order valence-electron chi connectivity index (χ2n) is 19.4. The zero-order chi connectivity index (χ0) is 57.8. The molecule has 17 N–H and O–H groups in total. The van der Waals surface area contributed by atoms with Gasteiger partial charge in [-0.15, -0.1) is 0 Å². The van der Waals surface area contributed by atoms with E-state index in [9.17, 15) is 63.5 Å². The Labute approximate surface area is 455 Å². The van der Waals surface area contributed by atoms with Crippen molar-refractivity contribution in [1.29, 1.82) is 0 Å². The monoisotopic (exact) mass is 1100 g/mol. The minimum absolute atomic E-state index is 0.00358. The first-order valence-electron chi connectivity index (χ1n) is 26.1. The average molecular weight is 1110 g/mol. The first-order valence-corrected chi connectivity index (χ1v) is 26.1. The Hall–Kier alpha value is -8.47. The minimum atomic E-state index is -1.68. The molecule has 8 atom stereocenters. The predicted octanol–water partition coefficient (Wildman–Crippen LogP) is -4.08. The Kier molecular flexibility index (Phi) is 23.2. The van der Waals surface area contributed by atoms with Gasteiger partial charge < -0.3 is 80.2 Å². The van der Waals surface area contributed by atoms with E-state index in [1.165, 1.54) is 34.1 Å². The van der Waals surface area contributed by atoms with Crippen molar-refractivity contribution in [2.24, 2.45) is 38.7 Å². The molecular formula is C50H72N16O13. The second kappa shape index (κ2) is 29.9. The molecule has 3 saturated heterocycles. The number of hydrogen-bond donors (Lipinski definition) is 12. The highest BCUT2D eigenvalue weighted by Gasteiger charge is 2.44. The number of nitro groups is 1. The number of carbonyl (C=O) groups is 9. The quantitative estimate of drug-likeness (QED) is 0.0127.